The zero-order valence-electron chi connectivity index (χ0n) is 15.7. The molecule has 0 bridgehead atoms. The third-order valence-corrected chi connectivity index (χ3v) is 6.39. The van der Waals surface area contributed by atoms with E-state index in [9.17, 15) is 13.2 Å². The molecule has 0 radical (unpaired) electrons. The first-order valence-electron chi connectivity index (χ1n) is 9.09. The minimum absolute atomic E-state index is 0.0811. The Labute approximate surface area is 165 Å². The molecule has 8 heteroatoms. The summed E-state index contributed by atoms with van der Waals surface area (Å²) in [7, 11) is -2.36. The zero-order valence-corrected chi connectivity index (χ0v) is 16.5. The van der Waals surface area contributed by atoms with Gasteiger partial charge in [-0.05, 0) is 42.7 Å². The third-order valence-electron chi connectivity index (χ3n) is 4.84. The SMILES string of the molecule is COc1ccc(S(=O)(=O)NC2(C(=O)NOCc3ccccc3)CCCC2)cc1. The van der Waals surface area contributed by atoms with E-state index < -0.39 is 21.5 Å². The first-order valence-corrected chi connectivity index (χ1v) is 10.6. The monoisotopic (exact) mass is 404 g/mol. The lowest BCUT2D eigenvalue weighted by Crippen LogP contribution is -2.56. The fourth-order valence-electron chi connectivity index (χ4n) is 3.28. The molecule has 1 aliphatic carbocycles. The number of hydroxylamine groups is 1. The molecule has 0 saturated heterocycles. The lowest BCUT2D eigenvalue weighted by Gasteiger charge is -2.28. The van der Waals surface area contributed by atoms with Crippen LogP contribution in [0.3, 0.4) is 0 Å². The van der Waals surface area contributed by atoms with Gasteiger partial charge in [0.05, 0.1) is 18.6 Å². The van der Waals surface area contributed by atoms with Crippen LogP contribution < -0.4 is 14.9 Å². The van der Waals surface area contributed by atoms with Crippen LogP contribution >= 0.6 is 0 Å². The third kappa shape index (κ3) is 4.70. The second-order valence-corrected chi connectivity index (χ2v) is 8.46. The second-order valence-electron chi connectivity index (χ2n) is 6.78. The van der Waals surface area contributed by atoms with Crippen molar-refractivity contribution in [3.05, 3.63) is 60.2 Å². The standard InChI is InChI=1S/C20H24N2O5S/c1-26-17-9-11-18(12-10-17)28(24,25)22-20(13-5-6-14-20)19(23)21-27-15-16-7-3-2-4-8-16/h2-4,7-12,22H,5-6,13-15H2,1H3,(H,21,23). The first kappa shape index (κ1) is 20.3. The molecule has 3 rings (SSSR count). The van der Waals surface area contributed by atoms with Crippen molar-refractivity contribution in [3.63, 3.8) is 0 Å². The molecule has 1 saturated carbocycles. The molecule has 0 aromatic heterocycles. The summed E-state index contributed by atoms with van der Waals surface area (Å²) in [5, 5.41) is 0. The van der Waals surface area contributed by atoms with E-state index in [1.807, 2.05) is 30.3 Å². The molecule has 7 nitrogen and oxygen atoms in total. The Balaban J connectivity index is 1.69. The van der Waals surface area contributed by atoms with E-state index in [1.165, 1.54) is 19.2 Å². The summed E-state index contributed by atoms with van der Waals surface area (Å²) in [6.07, 6.45) is 2.36. The Bertz CT molecular complexity index is 892. The second kappa shape index (κ2) is 8.72. The number of hydrogen-bond donors (Lipinski definition) is 2. The van der Waals surface area contributed by atoms with E-state index in [1.54, 1.807) is 12.1 Å². The Hall–Kier alpha value is -2.42. The van der Waals surface area contributed by atoms with Gasteiger partial charge in [-0.1, -0.05) is 43.2 Å². The van der Waals surface area contributed by atoms with Crippen molar-refractivity contribution in [1.82, 2.24) is 10.2 Å². The topological polar surface area (TPSA) is 93.7 Å². The van der Waals surface area contributed by atoms with E-state index in [4.69, 9.17) is 9.57 Å². The van der Waals surface area contributed by atoms with Crippen LogP contribution in [0.5, 0.6) is 5.75 Å². The van der Waals surface area contributed by atoms with Crippen molar-refractivity contribution in [2.75, 3.05) is 7.11 Å². The molecule has 1 aliphatic rings. The molecule has 1 amide bonds. The molecule has 2 aromatic rings. The maximum atomic E-state index is 12.8. The molecule has 2 N–H and O–H groups in total. The average molecular weight is 404 g/mol. The van der Waals surface area contributed by atoms with Gasteiger partial charge >= 0.3 is 0 Å². The maximum Gasteiger partial charge on any atom is 0.264 e. The van der Waals surface area contributed by atoms with Crippen molar-refractivity contribution in [3.8, 4) is 5.75 Å². The van der Waals surface area contributed by atoms with Crippen molar-refractivity contribution in [2.45, 2.75) is 42.7 Å². The van der Waals surface area contributed by atoms with E-state index in [-0.39, 0.29) is 11.5 Å². The number of carbonyl (C=O) groups is 1. The summed E-state index contributed by atoms with van der Waals surface area (Å²) in [5.41, 5.74) is 2.11. The van der Waals surface area contributed by atoms with Crippen LogP contribution in [-0.4, -0.2) is 27.0 Å². The number of rotatable bonds is 8. The summed E-state index contributed by atoms with van der Waals surface area (Å²) in [6.45, 7) is 0.202. The summed E-state index contributed by atoms with van der Waals surface area (Å²) in [5.74, 6) is 0.0830. The van der Waals surface area contributed by atoms with Crippen LogP contribution in [0.2, 0.25) is 0 Å². The summed E-state index contributed by atoms with van der Waals surface area (Å²) < 4.78 is 33.3. The predicted octanol–water partition coefficient (Wildman–Crippen LogP) is 2.53. The molecule has 0 spiro atoms. The highest BCUT2D eigenvalue weighted by Crippen LogP contribution is 2.32. The molecule has 0 atom stereocenters. The van der Waals surface area contributed by atoms with Gasteiger partial charge in [0.1, 0.15) is 11.3 Å². The van der Waals surface area contributed by atoms with Gasteiger partial charge in [-0.2, -0.15) is 4.72 Å². The number of hydrogen-bond acceptors (Lipinski definition) is 5. The summed E-state index contributed by atoms with van der Waals surface area (Å²) in [4.78, 5) is 18.2. The van der Waals surface area contributed by atoms with Crippen LogP contribution in [0.4, 0.5) is 0 Å². The Kier molecular flexibility index (Phi) is 6.33. The molecule has 2 aromatic carbocycles. The van der Waals surface area contributed by atoms with Gasteiger partial charge in [-0.25, -0.2) is 13.9 Å². The zero-order chi connectivity index (χ0) is 20.0. The quantitative estimate of drug-likeness (QED) is 0.660. The van der Waals surface area contributed by atoms with Gasteiger partial charge in [0.25, 0.3) is 5.91 Å². The normalized spacial score (nSPS) is 15.9. The van der Waals surface area contributed by atoms with Gasteiger partial charge in [0.2, 0.25) is 10.0 Å². The van der Waals surface area contributed by atoms with Crippen molar-refractivity contribution >= 4 is 15.9 Å². The van der Waals surface area contributed by atoms with E-state index in [2.05, 4.69) is 10.2 Å². The fourth-order valence-corrected chi connectivity index (χ4v) is 4.71. The number of ether oxygens (including phenoxy) is 1. The number of nitrogens with one attached hydrogen (secondary N) is 2. The summed E-state index contributed by atoms with van der Waals surface area (Å²) >= 11 is 0. The minimum Gasteiger partial charge on any atom is -0.497 e. The molecular weight excluding hydrogens is 380 g/mol. The van der Waals surface area contributed by atoms with Gasteiger partial charge in [0.15, 0.2) is 0 Å². The van der Waals surface area contributed by atoms with E-state index in [0.29, 0.717) is 18.6 Å². The molecule has 0 heterocycles. The highest BCUT2D eigenvalue weighted by molar-refractivity contribution is 7.89. The highest BCUT2D eigenvalue weighted by atomic mass is 32.2. The number of methoxy groups -OCH3 is 1. The highest BCUT2D eigenvalue weighted by Gasteiger charge is 2.44. The fraction of sp³-hybridized carbons (Fsp3) is 0.350. The van der Waals surface area contributed by atoms with Gasteiger partial charge < -0.3 is 4.74 Å². The number of carbonyl (C=O) groups excluding carboxylic acids is 1. The van der Waals surface area contributed by atoms with Crippen LogP contribution in [-0.2, 0) is 26.3 Å². The first-order chi connectivity index (χ1) is 13.5. The van der Waals surface area contributed by atoms with Gasteiger partial charge in [-0.15, -0.1) is 0 Å². The average Bonchev–Trinajstić information content (AvgIpc) is 3.18. The molecular formula is C20H24N2O5S. The largest absolute Gasteiger partial charge is 0.497 e. The smallest absolute Gasteiger partial charge is 0.264 e. The van der Waals surface area contributed by atoms with Crippen LogP contribution in [0.15, 0.2) is 59.5 Å². The number of sulfonamides is 1. The molecule has 1 fully saturated rings. The molecule has 28 heavy (non-hydrogen) atoms. The van der Waals surface area contributed by atoms with Crippen molar-refractivity contribution in [2.24, 2.45) is 0 Å². The lowest BCUT2D eigenvalue weighted by atomic mass is 9.99. The molecule has 0 aliphatic heterocycles. The Morgan fingerprint density at radius 2 is 1.68 bits per heavy atom. The van der Waals surface area contributed by atoms with E-state index in [0.717, 1.165) is 18.4 Å². The molecule has 0 unspecified atom stereocenters. The van der Waals surface area contributed by atoms with Crippen LogP contribution in [0.25, 0.3) is 0 Å². The van der Waals surface area contributed by atoms with E-state index >= 15 is 0 Å². The van der Waals surface area contributed by atoms with Crippen LogP contribution in [0.1, 0.15) is 31.2 Å². The number of amides is 1. The molecule has 150 valence electrons. The van der Waals surface area contributed by atoms with Crippen molar-refractivity contribution in [1.29, 1.82) is 0 Å². The Morgan fingerprint density at radius 1 is 1.04 bits per heavy atom. The Morgan fingerprint density at radius 3 is 2.29 bits per heavy atom. The van der Waals surface area contributed by atoms with Gasteiger partial charge in [-0.3, -0.25) is 9.63 Å². The lowest BCUT2D eigenvalue weighted by molar-refractivity contribution is -0.140. The van der Waals surface area contributed by atoms with Crippen LogP contribution in [0, 0.1) is 0 Å². The summed E-state index contributed by atoms with van der Waals surface area (Å²) in [6, 6.07) is 15.4. The number of benzene rings is 2. The predicted molar refractivity (Wildman–Crippen MR) is 104 cm³/mol. The maximum absolute atomic E-state index is 12.8. The van der Waals surface area contributed by atoms with Gasteiger partial charge in [0, 0.05) is 0 Å². The van der Waals surface area contributed by atoms with Crippen molar-refractivity contribution < 1.29 is 22.8 Å². The minimum atomic E-state index is -3.87.